The van der Waals surface area contributed by atoms with E-state index in [1.54, 1.807) is 13.0 Å². The van der Waals surface area contributed by atoms with Gasteiger partial charge in [0, 0.05) is 12.7 Å². The van der Waals surface area contributed by atoms with Crippen molar-refractivity contribution in [1.82, 2.24) is 0 Å². The molecule has 1 aromatic carbocycles. The molecule has 0 spiro atoms. The predicted molar refractivity (Wildman–Crippen MR) is 91.5 cm³/mol. The van der Waals surface area contributed by atoms with E-state index in [9.17, 15) is 9.59 Å². The highest BCUT2D eigenvalue weighted by Gasteiger charge is 2.28. The van der Waals surface area contributed by atoms with Crippen LogP contribution in [-0.4, -0.2) is 38.9 Å². The van der Waals surface area contributed by atoms with E-state index in [0.717, 1.165) is 5.56 Å². The summed E-state index contributed by atoms with van der Waals surface area (Å²) in [6, 6.07) is 9.74. The van der Waals surface area contributed by atoms with Crippen LogP contribution in [0.1, 0.15) is 25.8 Å². The van der Waals surface area contributed by atoms with Gasteiger partial charge in [0.2, 0.25) is 0 Å². The Kier molecular flexibility index (Phi) is 9.46. The Morgan fingerprint density at radius 1 is 1.08 bits per heavy atom. The number of methoxy groups -OCH3 is 1. The molecule has 0 fully saturated rings. The fourth-order valence-electron chi connectivity index (χ4n) is 2.26. The molecule has 5 nitrogen and oxygen atoms in total. The van der Waals surface area contributed by atoms with Crippen LogP contribution in [0.4, 0.5) is 0 Å². The van der Waals surface area contributed by atoms with E-state index in [1.807, 2.05) is 37.3 Å². The maximum atomic E-state index is 12.3. The number of benzene rings is 1. The zero-order valence-corrected chi connectivity index (χ0v) is 14.6. The lowest BCUT2D eigenvalue weighted by atomic mass is 9.94. The van der Waals surface area contributed by atoms with Gasteiger partial charge < -0.3 is 14.2 Å². The molecule has 0 radical (unpaired) electrons. The summed E-state index contributed by atoms with van der Waals surface area (Å²) < 4.78 is 15.2. The molecule has 1 rings (SSSR count). The molecule has 0 N–H and O–H groups in total. The summed E-state index contributed by atoms with van der Waals surface area (Å²) >= 11 is 0. The van der Waals surface area contributed by atoms with Crippen LogP contribution >= 0.6 is 0 Å². The van der Waals surface area contributed by atoms with Crippen LogP contribution in [0.2, 0.25) is 0 Å². The maximum absolute atomic E-state index is 12.3. The molecule has 1 atom stereocenters. The molecule has 0 aliphatic rings. The first-order chi connectivity index (χ1) is 11.6. The van der Waals surface area contributed by atoms with Crippen LogP contribution in [0.5, 0.6) is 0 Å². The van der Waals surface area contributed by atoms with Crippen LogP contribution in [0, 0.1) is 5.92 Å². The van der Waals surface area contributed by atoms with E-state index in [-0.39, 0.29) is 13.2 Å². The van der Waals surface area contributed by atoms with Crippen molar-refractivity contribution >= 4 is 11.9 Å². The van der Waals surface area contributed by atoms with Gasteiger partial charge in [-0.2, -0.15) is 0 Å². The molecular formula is C19H26O5. The van der Waals surface area contributed by atoms with Crippen LogP contribution in [0.15, 0.2) is 42.0 Å². The minimum atomic E-state index is -0.635. The number of hydrogen-bond acceptors (Lipinski definition) is 5. The summed E-state index contributed by atoms with van der Waals surface area (Å²) in [4.78, 5) is 24.6. The molecule has 0 amide bonds. The molecule has 0 saturated carbocycles. The van der Waals surface area contributed by atoms with Crippen molar-refractivity contribution in [1.29, 1.82) is 0 Å². The molecule has 0 aliphatic carbocycles. The van der Waals surface area contributed by atoms with E-state index >= 15 is 0 Å². The molecule has 1 aromatic rings. The molecule has 1 unspecified atom stereocenters. The zero-order chi connectivity index (χ0) is 17.8. The average molecular weight is 334 g/mol. The molecule has 0 heterocycles. The summed E-state index contributed by atoms with van der Waals surface area (Å²) in [5, 5.41) is 0. The number of rotatable bonds is 10. The number of esters is 2. The molecule has 0 saturated heterocycles. The van der Waals surface area contributed by atoms with Crippen molar-refractivity contribution in [2.45, 2.75) is 26.7 Å². The molecule has 5 heteroatoms. The van der Waals surface area contributed by atoms with Gasteiger partial charge in [-0.3, -0.25) is 4.79 Å². The zero-order valence-electron chi connectivity index (χ0n) is 14.6. The molecule has 0 aliphatic heterocycles. The summed E-state index contributed by atoms with van der Waals surface area (Å²) in [5.41, 5.74) is 1.41. The monoisotopic (exact) mass is 334 g/mol. The number of ether oxygens (including phenoxy) is 3. The Morgan fingerprint density at radius 3 is 2.38 bits per heavy atom. The standard InChI is InChI=1S/C19H26O5/c1-4-16(18(20)24-14-13-22-3)17(19(21)23-5-2)12-11-15-9-7-6-8-10-15/h6-10,12,16H,4-5,11,13-14H2,1-3H3/b17-12-. The number of carbonyl (C=O) groups excluding carboxylic acids is 2. The molecule has 0 bridgehead atoms. The van der Waals surface area contributed by atoms with Gasteiger partial charge in [-0.15, -0.1) is 0 Å². The lowest BCUT2D eigenvalue weighted by Gasteiger charge is -2.17. The third-order valence-corrected chi connectivity index (χ3v) is 3.51. The predicted octanol–water partition coefficient (Wildman–Crippen LogP) is 2.93. The van der Waals surface area contributed by atoms with Crippen LogP contribution in [0.3, 0.4) is 0 Å². The highest BCUT2D eigenvalue weighted by Crippen LogP contribution is 2.20. The number of hydrogen-bond donors (Lipinski definition) is 0. The minimum absolute atomic E-state index is 0.167. The maximum Gasteiger partial charge on any atom is 0.334 e. The molecule has 132 valence electrons. The lowest BCUT2D eigenvalue weighted by molar-refractivity contribution is -0.151. The molecule has 0 aromatic heterocycles. The molecule has 24 heavy (non-hydrogen) atoms. The van der Waals surface area contributed by atoms with Crippen molar-refractivity contribution in [2.24, 2.45) is 5.92 Å². The fraction of sp³-hybridized carbons (Fsp3) is 0.474. The Balaban J connectivity index is 2.92. The lowest BCUT2D eigenvalue weighted by Crippen LogP contribution is -2.26. The first-order valence-electron chi connectivity index (χ1n) is 8.20. The van der Waals surface area contributed by atoms with Crippen LogP contribution < -0.4 is 0 Å². The van der Waals surface area contributed by atoms with Gasteiger partial charge in [-0.05, 0) is 25.3 Å². The Hall–Kier alpha value is -2.14. The van der Waals surface area contributed by atoms with Crippen molar-refractivity contribution < 1.29 is 23.8 Å². The van der Waals surface area contributed by atoms with E-state index in [2.05, 4.69) is 0 Å². The quantitative estimate of drug-likeness (QED) is 0.374. The van der Waals surface area contributed by atoms with E-state index in [4.69, 9.17) is 14.2 Å². The van der Waals surface area contributed by atoms with Gasteiger partial charge in [-0.1, -0.05) is 43.3 Å². The van der Waals surface area contributed by atoms with E-state index in [1.165, 1.54) is 7.11 Å². The van der Waals surface area contributed by atoms with Gasteiger partial charge in [0.15, 0.2) is 0 Å². The topological polar surface area (TPSA) is 61.8 Å². The first kappa shape index (κ1) is 19.9. The first-order valence-corrected chi connectivity index (χ1v) is 8.20. The largest absolute Gasteiger partial charge is 0.463 e. The van der Waals surface area contributed by atoms with Gasteiger partial charge in [0.25, 0.3) is 0 Å². The number of carbonyl (C=O) groups is 2. The second-order valence-electron chi connectivity index (χ2n) is 5.19. The second kappa shape index (κ2) is 11.4. The smallest absolute Gasteiger partial charge is 0.334 e. The summed E-state index contributed by atoms with van der Waals surface area (Å²) in [5.74, 6) is -1.53. The SMILES string of the molecule is CCOC(=O)/C(=C\Cc1ccccc1)C(CC)C(=O)OCCOC. The van der Waals surface area contributed by atoms with Crippen LogP contribution in [-0.2, 0) is 30.2 Å². The number of allylic oxidation sites excluding steroid dienone is 1. The van der Waals surface area contributed by atoms with Crippen molar-refractivity contribution in [3.05, 3.63) is 47.5 Å². The summed E-state index contributed by atoms with van der Waals surface area (Å²) in [6.45, 7) is 4.34. The van der Waals surface area contributed by atoms with Gasteiger partial charge >= 0.3 is 11.9 Å². The Bertz CT molecular complexity index is 536. The Labute approximate surface area is 143 Å². The Morgan fingerprint density at radius 2 is 1.79 bits per heavy atom. The second-order valence-corrected chi connectivity index (χ2v) is 5.19. The minimum Gasteiger partial charge on any atom is -0.463 e. The third-order valence-electron chi connectivity index (χ3n) is 3.51. The van der Waals surface area contributed by atoms with Gasteiger partial charge in [0.05, 0.1) is 19.1 Å². The highest BCUT2D eigenvalue weighted by atomic mass is 16.6. The van der Waals surface area contributed by atoms with Gasteiger partial charge in [0.1, 0.15) is 6.61 Å². The molecular weight excluding hydrogens is 308 g/mol. The summed E-state index contributed by atoms with van der Waals surface area (Å²) in [6.07, 6.45) is 2.78. The fourth-order valence-corrected chi connectivity index (χ4v) is 2.26. The van der Waals surface area contributed by atoms with Gasteiger partial charge in [-0.25, -0.2) is 4.79 Å². The van der Waals surface area contributed by atoms with Crippen molar-refractivity contribution in [2.75, 3.05) is 26.9 Å². The normalized spacial score (nSPS) is 12.5. The highest BCUT2D eigenvalue weighted by molar-refractivity contribution is 5.95. The van der Waals surface area contributed by atoms with E-state index in [0.29, 0.717) is 25.0 Å². The average Bonchev–Trinajstić information content (AvgIpc) is 2.59. The van der Waals surface area contributed by atoms with Crippen LogP contribution in [0.25, 0.3) is 0 Å². The van der Waals surface area contributed by atoms with Crippen molar-refractivity contribution in [3.8, 4) is 0 Å². The third kappa shape index (κ3) is 6.54. The van der Waals surface area contributed by atoms with E-state index < -0.39 is 17.9 Å². The summed E-state index contributed by atoms with van der Waals surface area (Å²) in [7, 11) is 1.54. The van der Waals surface area contributed by atoms with Crippen molar-refractivity contribution in [3.63, 3.8) is 0 Å².